The van der Waals surface area contributed by atoms with Gasteiger partial charge in [-0.2, -0.15) is 0 Å². The Balaban J connectivity index is 1.55. The molecule has 0 aromatic heterocycles. The molecular weight excluding hydrogens is 306 g/mol. The number of hydrogen-bond acceptors (Lipinski definition) is 4. The van der Waals surface area contributed by atoms with Crippen molar-refractivity contribution in [1.29, 1.82) is 0 Å². The first-order chi connectivity index (χ1) is 11.5. The summed E-state index contributed by atoms with van der Waals surface area (Å²) in [6, 6.07) is 7.79. The molecule has 6 heteroatoms. The van der Waals surface area contributed by atoms with Gasteiger partial charge in [0, 0.05) is 44.1 Å². The molecule has 24 heavy (non-hydrogen) atoms. The van der Waals surface area contributed by atoms with E-state index in [1.807, 2.05) is 12.1 Å². The van der Waals surface area contributed by atoms with Gasteiger partial charge in [0.05, 0.1) is 11.0 Å². The molecule has 0 saturated carbocycles. The lowest BCUT2D eigenvalue weighted by Gasteiger charge is -2.41. The van der Waals surface area contributed by atoms with Crippen LogP contribution in [0.25, 0.3) is 0 Å². The fraction of sp³-hybridized carbons (Fsp3) is 0.667. The van der Waals surface area contributed by atoms with Crippen molar-refractivity contribution in [2.75, 3.05) is 26.2 Å². The second-order valence-corrected chi connectivity index (χ2v) is 7.26. The molecule has 2 fully saturated rings. The molecular formula is C18H28N3O3+. The van der Waals surface area contributed by atoms with Gasteiger partial charge in [-0.15, -0.1) is 0 Å². The molecule has 1 aromatic rings. The number of nitro benzene ring substituents is 1. The van der Waals surface area contributed by atoms with Crippen LogP contribution in [-0.4, -0.2) is 54.3 Å². The maximum absolute atomic E-state index is 11.2. The number of nitro groups is 1. The molecule has 6 nitrogen and oxygen atoms in total. The second-order valence-electron chi connectivity index (χ2n) is 7.26. The minimum atomic E-state index is -0.275. The summed E-state index contributed by atoms with van der Waals surface area (Å²) in [6.07, 6.45) is 3.01. The average molecular weight is 334 g/mol. The minimum absolute atomic E-state index is 0.237. The standard InChI is InChI=1S/C18H27N3O3/c1-14-11-20(12-15(2)24-14)17-7-9-19(10-8-17)13-16-5-3-4-6-18(16)21(22)23/h3-6,14-15,17H,7-13H2,1-2H3/p+1. The van der Waals surface area contributed by atoms with Crippen LogP contribution in [0.2, 0.25) is 0 Å². The second kappa shape index (κ2) is 7.59. The lowest BCUT2D eigenvalue weighted by atomic mass is 10.0. The van der Waals surface area contributed by atoms with Crippen molar-refractivity contribution in [2.45, 2.75) is 51.5 Å². The van der Waals surface area contributed by atoms with Gasteiger partial charge in [-0.25, -0.2) is 0 Å². The summed E-state index contributed by atoms with van der Waals surface area (Å²) >= 11 is 0. The Labute approximate surface area is 143 Å². The highest BCUT2D eigenvalue weighted by Gasteiger charge is 2.33. The van der Waals surface area contributed by atoms with Gasteiger partial charge >= 0.3 is 0 Å². The van der Waals surface area contributed by atoms with Gasteiger partial charge in [0.15, 0.2) is 0 Å². The predicted octanol–water partition coefficient (Wildman–Crippen LogP) is 1.25. The van der Waals surface area contributed by atoms with Crippen molar-refractivity contribution < 1.29 is 14.6 Å². The number of ether oxygens (including phenoxy) is 1. The summed E-state index contributed by atoms with van der Waals surface area (Å²) in [4.78, 5) is 14.9. The van der Waals surface area contributed by atoms with Gasteiger partial charge < -0.3 is 9.64 Å². The van der Waals surface area contributed by atoms with E-state index in [9.17, 15) is 10.1 Å². The Kier molecular flexibility index (Phi) is 5.48. The number of nitrogens with one attached hydrogen (secondary N) is 1. The first-order valence-electron chi connectivity index (χ1n) is 8.97. The monoisotopic (exact) mass is 334 g/mol. The quantitative estimate of drug-likeness (QED) is 0.665. The van der Waals surface area contributed by atoms with E-state index in [1.54, 1.807) is 17.0 Å². The number of para-hydroxylation sites is 1. The van der Waals surface area contributed by atoms with E-state index < -0.39 is 0 Å². The topological polar surface area (TPSA) is 60.0 Å². The van der Waals surface area contributed by atoms with Gasteiger partial charge in [0.1, 0.15) is 25.3 Å². The molecule has 2 heterocycles. The summed E-state index contributed by atoms with van der Waals surface area (Å²) in [5.41, 5.74) is 1.06. The van der Waals surface area contributed by atoms with Crippen LogP contribution in [0, 0.1) is 10.1 Å². The van der Waals surface area contributed by atoms with E-state index in [1.165, 1.54) is 0 Å². The zero-order valence-electron chi connectivity index (χ0n) is 14.6. The van der Waals surface area contributed by atoms with Crippen molar-refractivity contribution in [3.8, 4) is 0 Å². The van der Waals surface area contributed by atoms with Crippen molar-refractivity contribution in [3.63, 3.8) is 0 Å². The van der Waals surface area contributed by atoms with Crippen molar-refractivity contribution in [1.82, 2.24) is 4.90 Å². The van der Waals surface area contributed by atoms with Crippen molar-refractivity contribution in [2.24, 2.45) is 0 Å². The number of quaternary nitrogens is 1. The van der Waals surface area contributed by atoms with E-state index in [4.69, 9.17) is 4.74 Å². The van der Waals surface area contributed by atoms with E-state index in [2.05, 4.69) is 18.7 Å². The molecule has 0 spiro atoms. The molecule has 1 N–H and O–H groups in total. The number of likely N-dealkylation sites (tertiary alicyclic amines) is 1. The van der Waals surface area contributed by atoms with E-state index in [0.29, 0.717) is 24.8 Å². The zero-order chi connectivity index (χ0) is 17.1. The summed E-state index contributed by atoms with van der Waals surface area (Å²) in [7, 11) is 0. The van der Waals surface area contributed by atoms with Crippen LogP contribution in [-0.2, 0) is 11.3 Å². The van der Waals surface area contributed by atoms with Gasteiger partial charge in [0.2, 0.25) is 0 Å². The molecule has 2 saturated heterocycles. The fourth-order valence-electron chi connectivity index (χ4n) is 4.21. The van der Waals surface area contributed by atoms with Crippen LogP contribution in [0.15, 0.2) is 24.3 Å². The third-order valence-corrected chi connectivity index (χ3v) is 5.31. The molecule has 0 bridgehead atoms. The normalized spacial score (nSPS) is 29.5. The van der Waals surface area contributed by atoms with E-state index in [0.717, 1.165) is 44.6 Å². The molecule has 2 aliphatic rings. The summed E-state index contributed by atoms with van der Waals surface area (Å²) in [6.45, 7) is 9.24. The van der Waals surface area contributed by atoms with Crippen LogP contribution in [0.1, 0.15) is 32.3 Å². The van der Waals surface area contributed by atoms with Crippen LogP contribution in [0.4, 0.5) is 5.69 Å². The number of rotatable bonds is 4. The van der Waals surface area contributed by atoms with Crippen LogP contribution >= 0.6 is 0 Å². The largest absolute Gasteiger partial charge is 0.364 e. The zero-order valence-corrected chi connectivity index (χ0v) is 14.6. The number of nitrogens with zero attached hydrogens (tertiary/aromatic N) is 2. The van der Waals surface area contributed by atoms with Gasteiger partial charge in [0.25, 0.3) is 5.69 Å². The Bertz CT molecular complexity index is 562. The molecule has 2 atom stereocenters. The maximum Gasteiger partial charge on any atom is 0.273 e. The highest BCUT2D eigenvalue weighted by molar-refractivity contribution is 5.39. The number of piperidine rings is 1. The average Bonchev–Trinajstić information content (AvgIpc) is 2.55. The van der Waals surface area contributed by atoms with Crippen molar-refractivity contribution >= 4 is 5.69 Å². The Hall–Kier alpha value is -1.50. The minimum Gasteiger partial charge on any atom is -0.364 e. The molecule has 2 aliphatic heterocycles. The lowest BCUT2D eigenvalue weighted by Crippen LogP contribution is -3.19. The molecule has 1 aromatic carbocycles. The van der Waals surface area contributed by atoms with Crippen LogP contribution in [0.5, 0.6) is 0 Å². The SMILES string of the molecule is CC1C[NH+](C2CCN(Cc3ccccc3[N+](=O)[O-])CC2)CC(C)O1. The summed E-state index contributed by atoms with van der Waals surface area (Å²) < 4.78 is 5.85. The smallest absolute Gasteiger partial charge is 0.273 e. The summed E-state index contributed by atoms with van der Waals surface area (Å²) in [5.74, 6) is 0. The van der Waals surface area contributed by atoms with Crippen LogP contribution < -0.4 is 4.90 Å². The van der Waals surface area contributed by atoms with Gasteiger partial charge in [-0.1, -0.05) is 18.2 Å². The lowest BCUT2D eigenvalue weighted by molar-refractivity contribution is -0.940. The Morgan fingerprint density at radius 2 is 1.83 bits per heavy atom. The number of hydrogen-bond donors (Lipinski definition) is 1. The van der Waals surface area contributed by atoms with Crippen LogP contribution in [0.3, 0.4) is 0 Å². The van der Waals surface area contributed by atoms with Gasteiger partial charge in [-0.3, -0.25) is 15.0 Å². The van der Waals surface area contributed by atoms with E-state index in [-0.39, 0.29) is 10.6 Å². The third-order valence-electron chi connectivity index (χ3n) is 5.31. The first kappa shape index (κ1) is 17.3. The third kappa shape index (κ3) is 4.12. The fourth-order valence-corrected chi connectivity index (χ4v) is 4.21. The van der Waals surface area contributed by atoms with E-state index >= 15 is 0 Å². The molecule has 132 valence electrons. The predicted molar refractivity (Wildman–Crippen MR) is 92.1 cm³/mol. The molecule has 0 aliphatic carbocycles. The first-order valence-corrected chi connectivity index (χ1v) is 8.97. The maximum atomic E-state index is 11.2. The number of benzene rings is 1. The number of morpholine rings is 1. The molecule has 3 rings (SSSR count). The highest BCUT2D eigenvalue weighted by Crippen LogP contribution is 2.21. The highest BCUT2D eigenvalue weighted by atomic mass is 16.6. The Morgan fingerprint density at radius 1 is 1.21 bits per heavy atom. The summed E-state index contributed by atoms with van der Waals surface area (Å²) in [5, 5.41) is 11.2. The molecule has 0 radical (unpaired) electrons. The van der Waals surface area contributed by atoms with Gasteiger partial charge in [-0.05, 0) is 13.8 Å². The van der Waals surface area contributed by atoms with Crippen molar-refractivity contribution in [3.05, 3.63) is 39.9 Å². The molecule has 0 amide bonds. The molecule has 2 unspecified atom stereocenters. The Morgan fingerprint density at radius 3 is 2.46 bits per heavy atom.